The van der Waals surface area contributed by atoms with E-state index in [-0.39, 0.29) is 12.1 Å². The lowest BCUT2D eigenvalue weighted by molar-refractivity contribution is -0.150. The Balaban J connectivity index is 3.81. The molecule has 0 saturated carbocycles. The van der Waals surface area contributed by atoms with Crippen molar-refractivity contribution >= 4 is 11.9 Å². The largest absolute Gasteiger partial charge is 0.481 e. The number of unbranched alkanes of at least 4 members (excludes halogenated alkanes) is 22. The van der Waals surface area contributed by atoms with Gasteiger partial charge in [0.15, 0.2) is 0 Å². The van der Waals surface area contributed by atoms with Crippen LogP contribution in [-0.2, 0) is 14.3 Å². The van der Waals surface area contributed by atoms with Gasteiger partial charge in [0.1, 0.15) is 6.10 Å². The molecular weight excluding hydrogens is 472 g/mol. The van der Waals surface area contributed by atoms with Gasteiger partial charge in [-0.25, -0.2) is 0 Å². The number of carboxylic acid groups (broad SMARTS) is 1. The van der Waals surface area contributed by atoms with E-state index in [0.717, 1.165) is 51.4 Å². The third kappa shape index (κ3) is 29.5. The van der Waals surface area contributed by atoms with Crippen LogP contribution in [0.3, 0.4) is 0 Å². The van der Waals surface area contributed by atoms with Crippen molar-refractivity contribution in [3.05, 3.63) is 0 Å². The van der Waals surface area contributed by atoms with Gasteiger partial charge in [0.05, 0.1) is 0 Å². The highest BCUT2D eigenvalue weighted by molar-refractivity contribution is 5.69. The molecule has 0 radical (unpaired) electrons. The molecule has 0 aliphatic carbocycles. The topological polar surface area (TPSA) is 63.6 Å². The van der Waals surface area contributed by atoms with Crippen molar-refractivity contribution in [1.82, 2.24) is 0 Å². The SMILES string of the molecule is CCCCCCCCCCCCCCCC(=O)O[C@@H](CCCCCC)CCCCCCCCCCC(=O)O. The van der Waals surface area contributed by atoms with Gasteiger partial charge in [0.25, 0.3) is 0 Å². The minimum atomic E-state index is -0.681. The van der Waals surface area contributed by atoms with Crippen LogP contribution in [0.15, 0.2) is 0 Å². The predicted molar refractivity (Wildman–Crippen MR) is 163 cm³/mol. The number of hydrogen-bond acceptors (Lipinski definition) is 3. The van der Waals surface area contributed by atoms with Gasteiger partial charge in [-0.2, -0.15) is 0 Å². The van der Waals surface area contributed by atoms with Crippen LogP contribution in [0, 0.1) is 0 Å². The Labute approximate surface area is 237 Å². The summed E-state index contributed by atoms with van der Waals surface area (Å²) in [6.07, 6.45) is 34.1. The Morgan fingerprint density at radius 3 is 1.18 bits per heavy atom. The van der Waals surface area contributed by atoms with E-state index in [2.05, 4.69) is 13.8 Å². The molecule has 0 aliphatic rings. The van der Waals surface area contributed by atoms with Gasteiger partial charge in [-0.1, -0.05) is 149 Å². The van der Waals surface area contributed by atoms with E-state index in [1.54, 1.807) is 0 Å². The molecule has 0 saturated heterocycles. The monoisotopic (exact) mass is 538 g/mol. The lowest BCUT2D eigenvalue weighted by Crippen LogP contribution is -2.18. The molecule has 1 atom stereocenters. The Kier molecular flexibility index (Phi) is 29.6. The first kappa shape index (κ1) is 36.9. The van der Waals surface area contributed by atoms with Crippen molar-refractivity contribution in [2.24, 2.45) is 0 Å². The molecule has 226 valence electrons. The normalized spacial score (nSPS) is 12.1. The van der Waals surface area contributed by atoms with E-state index in [0.29, 0.717) is 12.8 Å². The summed E-state index contributed by atoms with van der Waals surface area (Å²) in [6, 6.07) is 0. The molecule has 0 spiro atoms. The average Bonchev–Trinajstić information content (AvgIpc) is 2.90. The van der Waals surface area contributed by atoms with Crippen LogP contribution in [0.1, 0.15) is 200 Å². The molecule has 4 heteroatoms. The summed E-state index contributed by atoms with van der Waals surface area (Å²) in [4.78, 5) is 23.0. The molecule has 0 aliphatic heterocycles. The van der Waals surface area contributed by atoms with Gasteiger partial charge in [-0.15, -0.1) is 0 Å². The summed E-state index contributed by atoms with van der Waals surface area (Å²) in [5.41, 5.74) is 0. The lowest BCUT2D eigenvalue weighted by atomic mass is 10.0. The number of carbonyl (C=O) groups is 2. The van der Waals surface area contributed by atoms with Gasteiger partial charge < -0.3 is 9.84 Å². The summed E-state index contributed by atoms with van der Waals surface area (Å²) in [5.74, 6) is -0.658. The van der Waals surface area contributed by atoms with Crippen LogP contribution in [0.2, 0.25) is 0 Å². The molecular formula is C34H66O4. The zero-order valence-corrected chi connectivity index (χ0v) is 25.8. The first-order valence-electron chi connectivity index (χ1n) is 17.0. The second-order valence-electron chi connectivity index (χ2n) is 11.7. The third-order valence-electron chi connectivity index (χ3n) is 7.83. The number of ether oxygens (including phenoxy) is 1. The predicted octanol–water partition coefficient (Wildman–Crippen LogP) is 11.3. The third-order valence-corrected chi connectivity index (χ3v) is 7.83. The number of carbonyl (C=O) groups excluding carboxylic acids is 1. The number of carboxylic acids is 1. The highest BCUT2D eigenvalue weighted by Crippen LogP contribution is 2.18. The minimum Gasteiger partial charge on any atom is -0.481 e. The van der Waals surface area contributed by atoms with Crippen LogP contribution in [0.4, 0.5) is 0 Å². The van der Waals surface area contributed by atoms with Crippen LogP contribution >= 0.6 is 0 Å². The summed E-state index contributed by atoms with van der Waals surface area (Å²) in [5, 5.41) is 8.69. The minimum absolute atomic E-state index is 0.0231. The average molecular weight is 539 g/mol. The highest BCUT2D eigenvalue weighted by atomic mass is 16.5. The zero-order valence-electron chi connectivity index (χ0n) is 25.8. The number of hydrogen-bond donors (Lipinski definition) is 1. The fourth-order valence-corrected chi connectivity index (χ4v) is 5.30. The van der Waals surface area contributed by atoms with E-state index >= 15 is 0 Å². The van der Waals surface area contributed by atoms with E-state index < -0.39 is 5.97 Å². The Bertz CT molecular complexity index is 505. The number of aliphatic carboxylic acids is 1. The maximum Gasteiger partial charge on any atom is 0.306 e. The summed E-state index contributed by atoms with van der Waals surface area (Å²) >= 11 is 0. The Morgan fingerprint density at radius 1 is 0.474 bits per heavy atom. The fourth-order valence-electron chi connectivity index (χ4n) is 5.30. The van der Waals surface area contributed by atoms with Gasteiger partial charge in [0, 0.05) is 12.8 Å². The van der Waals surface area contributed by atoms with Crippen LogP contribution < -0.4 is 0 Å². The fraction of sp³-hybridized carbons (Fsp3) is 0.941. The zero-order chi connectivity index (χ0) is 27.9. The number of esters is 1. The second-order valence-corrected chi connectivity index (χ2v) is 11.7. The maximum atomic E-state index is 12.5. The molecule has 4 nitrogen and oxygen atoms in total. The molecule has 0 fully saturated rings. The molecule has 0 rings (SSSR count). The van der Waals surface area contributed by atoms with Crippen molar-refractivity contribution < 1.29 is 19.4 Å². The van der Waals surface area contributed by atoms with Gasteiger partial charge in [-0.05, 0) is 38.5 Å². The molecule has 0 aromatic heterocycles. The van der Waals surface area contributed by atoms with Crippen LogP contribution in [0.25, 0.3) is 0 Å². The Morgan fingerprint density at radius 2 is 0.789 bits per heavy atom. The van der Waals surface area contributed by atoms with Crippen molar-refractivity contribution in [1.29, 1.82) is 0 Å². The molecule has 1 N–H and O–H groups in total. The smallest absolute Gasteiger partial charge is 0.306 e. The second kappa shape index (κ2) is 30.5. The van der Waals surface area contributed by atoms with E-state index in [9.17, 15) is 9.59 Å². The summed E-state index contributed by atoms with van der Waals surface area (Å²) < 4.78 is 5.94. The quantitative estimate of drug-likeness (QED) is 0.0704. The van der Waals surface area contributed by atoms with E-state index in [1.807, 2.05) is 0 Å². The maximum absolute atomic E-state index is 12.5. The van der Waals surface area contributed by atoms with Crippen molar-refractivity contribution in [2.45, 2.75) is 206 Å². The van der Waals surface area contributed by atoms with E-state index in [1.165, 1.54) is 122 Å². The molecule has 0 unspecified atom stereocenters. The number of rotatable bonds is 31. The summed E-state index contributed by atoms with van der Waals surface area (Å²) in [7, 11) is 0. The Hall–Kier alpha value is -1.06. The van der Waals surface area contributed by atoms with Crippen molar-refractivity contribution in [3.8, 4) is 0 Å². The first-order chi connectivity index (χ1) is 18.6. The van der Waals surface area contributed by atoms with Crippen molar-refractivity contribution in [3.63, 3.8) is 0 Å². The molecule has 0 aromatic carbocycles. The molecule has 0 bridgehead atoms. The highest BCUT2D eigenvalue weighted by Gasteiger charge is 2.14. The lowest BCUT2D eigenvalue weighted by Gasteiger charge is -2.18. The molecule has 0 heterocycles. The van der Waals surface area contributed by atoms with Crippen molar-refractivity contribution in [2.75, 3.05) is 0 Å². The standard InChI is InChI=1S/C34H66O4/c1-3-5-7-9-10-11-12-13-14-15-20-23-27-31-34(37)38-32(28-24-8-6-4-2)29-25-21-18-16-17-19-22-26-30-33(35)36/h32H,3-31H2,1-2H3,(H,35,36)/t32-/m0/s1. The van der Waals surface area contributed by atoms with Gasteiger partial charge in [0.2, 0.25) is 0 Å². The summed E-state index contributed by atoms with van der Waals surface area (Å²) in [6.45, 7) is 4.51. The van der Waals surface area contributed by atoms with Gasteiger partial charge >= 0.3 is 11.9 Å². The molecule has 38 heavy (non-hydrogen) atoms. The van der Waals surface area contributed by atoms with Crippen LogP contribution in [0.5, 0.6) is 0 Å². The molecule has 0 amide bonds. The first-order valence-corrected chi connectivity index (χ1v) is 17.0. The molecule has 0 aromatic rings. The van der Waals surface area contributed by atoms with Gasteiger partial charge in [-0.3, -0.25) is 9.59 Å². The van der Waals surface area contributed by atoms with E-state index in [4.69, 9.17) is 9.84 Å². The van der Waals surface area contributed by atoms with Crippen LogP contribution in [-0.4, -0.2) is 23.1 Å².